The summed E-state index contributed by atoms with van der Waals surface area (Å²) in [5, 5.41) is 0.861. The van der Waals surface area contributed by atoms with Crippen LogP contribution in [0.4, 0.5) is 0 Å². The van der Waals surface area contributed by atoms with Crippen molar-refractivity contribution in [1.82, 2.24) is 9.79 Å². The summed E-state index contributed by atoms with van der Waals surface area (Å²) >= 11 is 0. The first-order chi connectivity index (χ1) is 16.5. The van der Waals surface area contributed by atoms with Gasteiger partial charge in [0.15, 0.2) is 0 Å². The molecule has 1 N–H and O–H groups in total. The lowest BCUT2D eigenvalue weighted by Gasteiger charge is -2.23. The lowest BCUT2D eigenvalue weighted by atomic mass is 10.0. The van der Waals surface area contributed by atoms with Gasteiger partial charge in [-0.2, -0.15) is 5.06 Å². The number of nitrogens with one attached hydrogen (secondary N) is 1. The summed E-state index contributed by atoms with van der Waals surface area (Å²) in [4.78, 5) is 5.64. The van der Waals surface area contributed by atoms with Gasteiger partial charge in [-0.15, -0.1) is 0 Å². The molecule has 2 unspecified atom stereocenters. The summed E-state index contributed by atoms with van der Waals surface area (Å²) in [6.07, 6.45) is 0.528. The molecule has 1 saturated heterocycles. The van der Waals surface area contributed by atoms with E-state index in [9.17, 15) is 8.42 Å². The maximum Gasteiger partial charge on any atom is 0.218 e. The van der Waals surface area contributed by atoms with E-state index in [1.54, 1.807) is 19.2 Å². The van der Waals surface area contributed by atoms with Crippen molar-refractivity contribution >= 4 is 10.0 Å². The van der Waals surface area contributed by atoms with E-state index in [2.05, 4.69) is 4.72 Å². The first-order valence-corrected chi connectivity index (χ1v) is 12.8. The number of benzene rings is 3. The third-order valence-electron chi connectivity index (χ3n) is 5.92. The lowest BCUT2D eigenvalue weighted by Crippen LogP contribution is -2.40. The maximum absolute atomic E-state index is 13.2. The van der Waals surface area contributed by atoms with Gasteiger partial charge in [-0.05, 0) is 41.3 Å². The summed E-state index contributed by atoms with van der Waals surface area (Å²) in [7, 11) is -0.282. The molecule has 34 heavy (non-hydrogen) atoms. The molecule has 0 bridgehead atoms. The van der Waals surface area contributed by atoms with Gasteiger partial charge >= 0.3 is 0 Å². The summed E-state index contributed by atoms with van der Waals surface area (Å²) in [5.41, 5.74) is 2.84. The molecule has 0 aliphatic carbocycles. The predicted octanol–water partition coefficient (Wildman–Crippen LogP) is 3.72. The molecule has 0 amide bonds. The Bertz CT molecular complexity index is 1190. The van der Waals surface area contributed by atoms with Crippen LogP contribution in [-0.2, 0) is 27.9 Å². The predicted molar refractivity (Wildman–Crippen MR) is 131 cm³/mol. The third-order valence-corrected chi connectivity index (χ3v) is 7.72. The zero-order chi connectivity index (χ0) is 24.0. The highest BCUT2D eigenvalue weighted by atomic mass is 32.2. The standard InChI is InChI=1S/C26H30N2O5S/c1-28-26(22-12-8-13-23(17-22)32-18-20-9-4-3-5-10-20)25(19-33-28)34(29,30)27-16-15-21-11-6-7-14-24(21)31-2/h3-14,17,25-27H,15-16,18-19H2,1-2H3. The Morgan fingerprint density at radius 1 is 1.03 bits per heavy atom. The van der Waals surface area contributed by atoms with Crippen LogP contribution in [0.1, 0.15) is 22.7 Å². The Morgan fingerprint density at radius 3 is 2.59 bits per heavy atom. The van der Waals surface area contributed by atoms with Crippen LogP contribution in [0.15, 0.2) is 78.9 Å². The molecule has 1 aliphatic heterocycles. The van der Waals surface area contributed by atoms with Crippen molar-refractivity contribution in [2.75, 3.05) is 27.3 Å². The van der Waals surface area contributed by atoms with Gasteiger partial charge < -0.3 is 9.47 Å². The van der Waals surface area contributed by atoms with E-state index < -0.39 is 21.3 Å². The number of methoxy groups -OCH3 is 1. The first-order valence-electron chi connectivity index (χ1n) is 11.2. The lowest BCUT2D eigenvalue weighted by molar-refractivity contribution is -0.110. The van der Waals surface area contributed by atoms with Crippen molar-refractivity contribution in [3.05, 3.63) is 95.6 Å². The van der Waals surface area contributed by atoms with Gasteiger partial charge in [0.25, 0.3) is 0 Å². The second-order valence-electron chi connectivity index (χ2n) is 8.17. The number of nitrogens with zero attached hydrogens (tertiary/aromatic N) is 1. The molecule has 1 fully saturated rings. The smallest absolute Gasteiger partial charge is 0.218 e. The van der Waals surface area contributed by atoms with Crippen LogP contribution in [-0.4, -0.2) is 46.0 Å². The molecule has 7 nitrogen and oxygen atoms in total. The zero-order valence-electron chi connectivity index (χ0n) is 19.4. The minimum atomic E-state index is -3.65. The largest absolute Gasteiger partial charge is 0.496 e. The van der Waals surface area contributed by atoms with E-state index in [1.807, 2.05) is 78.9 Å². The van der Waals surface area contributed by atoms with Gasteiger partial charge in [0.1, 0.15) is 23.4 Å². The van der Waals surface area contributed by atoms with Crippen molar-refractivity contribution in [3.8, 4) is 11.5 Å². The fourth-order valence-electron chi connectivity index (χ4n) is 4.15. The summed E-state index contributed by atoms with van der Waals surface area (Å²) in [5.74, 6) is 1.43. The van der Waals surface area contributed by atoms with E-state index in [0.29, 0.717) is 18.8 Å². The molecular weight excluding hydrogens is 452 g/mol. The van der Waals surface area contributed by atoms with Crippen molar-refractivity contribution < 1.29 is 22.7 Å². The zero-order valence-corrected chi connectivity index (χ0v) is 20.2. The second kappa shape index (κ2) is 11.0. The Morgan fingerprint density at radius 2 is 1.79 bits per heavy atom. The molecule has 3 aromatic carbocycles. The van der Waals surface area contributed by atoms with Gasteiger partial charge in [-0.3, -0.25) is 4.84 Å². The molecular formula is C26H30N2O5S. The van der Waals surface area contributed by atoms with Crippen LogP contribution in [0.5, 0.6) is 11.5 Å². The molecule has 8 heteroatoms. The normalized spacial score (nSPS) is 18.6. The van der Waals surface area contributed by atoms with Crippen LogP contribution in [0.2, 0.25) is 0 Å². The minimum Gasteiger partial charge on any atom is -0.496 e. The maximum atomic E-state index is 13.2. The topological polar surface area (TPSA) is 77.1 Å². The molecule has 1 heterocycles. The highest BCUT2D eigenvalue weighted by molar-refractivity contribution is 7.90. The Kier molecular flexibility index (Phi) is 7.84. The highest BCUT2D eigenvalue weighted by Crippen LogP contribution is 2.34. The van der Waals surface area contributed by atoms with Crippen LogP contribution in [0, 0.1) is 0 Å². The highest BCUT2D eigenvalue weighted by Gasteiger charge is 2.43. The molecule has 0 saturated carbocycles. The molecule has 1 aliphatic rings. The second-order valence-corrected chi connectivity index (χ2v) is 10.2. The van der Waals surface area contributed by atoms with Gasteiger partial charge in [0.05, 0.1) is 19.8 Å². The number of rotatable bonds is 10. The molecule has 3 aromatic rings. The SMILES string of the molecule is COc1ccccc1CCNS(=O)(=O)C1CON(C)C1c1cccc(OCc2ccccc2)c1. The Labute approximate surface area is 201 Å². The molecule has 2 atom stereocenters. The fraction of sp³-hybridized carbons (Fsp3) is 0.308. The van der Waals surface area contributed by atoms with Crippen LogP contribution >= 0.6 is 0 Å². The number of hydroxylamine groups is 2. The van der Waals surface area contributed by atoms with Crippen LogP contribution in [0.3, 0.4) is 0 Å². The van der Waals surface area contributed by atoms with E-state index >= 15 is 0 Å². The molecule has 180 valence electrons. The van der Waals surface area contributed by atoms with Crippen molar-refractivity contribution in [2.24, 2.45) is 0 Å². The number of hydrogen-bond donors (Lipinski definition) is 1. The quantitative estimate of drug-likeness (QED) is 0.475. The molecule has 0 radical (unpaired) electrons. The number of sulfonamides is 1. The Balaban J connectivity index is 1.44. The van der Waals surface area contributed by atoms with Crippen molar-refractivity contribution in [3.63, 3.8) is 0 Å². The fourth-order valence-corrected chi connectivity index (χ4v) is 5.66. The summed E-state index contributed by atoms with van der Waals surface area (Å²) in [6.45, 7) is 0.795. The van der Waals surface area contributed by atoms with Gasteiger partial charge in [0, 0.05) is 13.6 Å². The van der Waals surface area contributed by atoms with E-state index in [0.717, 1.165) is 22.4 Å². The van der Waals surface area contributed by atoms with Crippen LogP contribution < -0.4 is 14.2 Å². The van der Waals surface area contributed by atoms with Gasteiger partial charge in [-0.1, -0.05) is 60.7 Å². The molecule has 0 aromatic heterocycles. The minimum absolute atomic E-state index is 0.0836. The number of ether oxygens (including phenoxy) is 2. The summed E-state index contributed by atoms with van der Waals surface area (Å²) in [6, 6.07) is 24.6. The third kappa shape index (κ3) is 5.77. The number of para-hydroxylation sites is 1. The first kappa shape index (κ1) is 24.2. The van der Waals surface area contributed by atoms with E-state index in [4.69, 9.17) is 14.3 Å². The van der Waals surface area contributed by atoms with Crippen molar-refractivity contribution in [2.45, 2.75) is 24.3 Å². The van der Waals surface area contributed by atoms with E-state index in [-0.39, 0.29) is 13.2 Å². The molecule has 0 spiro atoms. The van der Waals surface area contributed by atoms with Crippen LogP contribution in [0.25, 0.3) is 0 Å². The number of hydrogen-bond acceptors (Lipinski definition) is 6. The molecule has 4 rings (SSSR count). The Hall–Kier alpha value is -2.91. The average molecular weight is 483 g/mol. The monoisotopic (exact) mass is 482 g/mol. The van der Waals surface area contributed by atoms with Crippen molar-refractivity contribution in [1.29, 1.82) is 0 Å². The average Bonchev–Trinajstić information content (AvgIpc) is 3.26. The summed E-state index contributed by atoms with van der Waals surface area (Å²) < 4.78 is 40.5. The van der Waals surface area contributed by atoms with Gasteiger partial charge in [-0.25, -0.2) is 13.1 Å². The van der Waals surface area contributed by atoms with E-state index in [1.165, 1.54) is 0 Å². The van der Waals surface area contributed by atoms with Gasteiger partial charge in [0.2, 0.25) is 10.0 Å².